The van der Waals surface area contributed by atoms with Crippen LogP contribution in [0, 0.1) is 0 Å². The molecule has 35 heavy (non-hydrogen) atoms. The summed E-state index contributed by atoms with van der Waals surface area (Å²) < 4.78 is 27.0. The number of benzene rings is 3. The molecule has 0 atom stereocenters. The molecule has 0 saturated carbocycles. The van der Waals surface area contributed by atoms with Crippen LogP contribution in [0.25, 0.3) is 44.2 Å². The summed E-state index contributed by atoms with van der Waals surface area (Å²) >= 11 is 1.13. The van der Waals surface area contributed by atoms with E-state index in [0.29, 0.717) is 33.6 Å². The zero-order chi connectivity index (χ0) is 24.1. The highest BCUT2D eigenvalue weighted by atomic mass is 32.1. The third-order valence-corrected chi connectivity index (χ3v) is 6.40. The van der Waals surface area contributed by atoms with E-state index in [2.05, 4.69) is 8.75 Å². The number of carboxylic acid groups (broad SMARTS) is 1. The van der Waals surface area contributed by atoms with Gasteiger partial charge in [0.15, 0.2) is 5.58 Å². The number of ether oxygens (including phenoxy) is 2. The van der Waals surface area contributed by atoms with Gasteiger partial charge in [-0.15, -0.1) is 0 Å². The van der Waals surface area contributed by atoms with Crippen molar-refractivity contribution in [2.24, 2.45) is 0 Å². The Kier molecular flexibility index (Phi) is 4.82. The normalized spacial score (nSPS) is 11.5. The zero-order valence-corrected chi connectivity index (χ0v) is 19.1. The number of para-hydroxylation sites is 1. The molecule has 174 valence electrons. The molecule has 10 heteroatoms. The number of carbonyl (C=O) groups is 1. The van der Waals surface area contributed by atoms with E-state index in [1.165, 1.54) is 13.2 Å². The first-order chi connectivity index (χ1) is 17.0. The van der Waals surface area contributed by atoms with E-state index in [9.17, 15) is 15.0 Å². The standard InChI is InChI=1S/C25H17N3O6S/c1-32-14-7-8-15(19(29)11-14)21-23-22(16-4-2-3-5-20(16)33-23)28(24(21)34-25(30)31)12-13-6-9-17-18(10-13)27-35-26-17/h2-11,29H,12H2,1H3,(H,30,31). The highest BCUT2D eigenvalue weighted by Crippen LogP contribution is 2.48. The molecule has 2 N–H and O–H groups in total. The highest BCUT2D eigenvalue weighted by molar-refractivity contribution is 7.00. The number of phenols is 1. The maximum absolute atomic E-state index is 11.8. The minimum Gasteiger partial charge on any atom is -0.507 e. The first kappa shape index (κ1) is 21.0. The van der Waals surface area contributed by atoms with Crippen LogP contribution in [-0.2, 0) is 6.54 Å². The second kappa shape index (κ2) is 8.03. The van der Waals surface area contributed by atoms with Crippen LogP contribution in [0.15, 0.2) is 65.1 Å². The summed E-state index contributed by atoms with van der Waals surface area (Å²) in [6, 6.07) is 17.9. The average molecular weight is 487 g/mol. The van der Waals surface area contributed by atoms with Crippen molar-refractivity contribution in [3.8, 4) is 28.5 Å². The third-order valence-electron chi connectivity index (χ3n) is 5.84. The van der Waals surface area contributed by atoms with Crippen molar-refractivity contribution in [3.63, 3.8) is 0 Å². The van der Waals surface area contributed by atoms with Gasteiger partial charge in [0, 0.05) is 17.0 Å². The summed E-state index contributed by atoms with van der Waals surface area (Å²) in [6.07, 6.45) is -1.48. The minimum atomic E-state index is -1.48. The fourth-order valence-corrected chi connectivity index (χ4v) is 4.86. The number of aromatic nitrogens is 3. The van der Waals surface area contributed by atoms with Crippen molar-refractivity contribution >= 4 is 51.0 Å². The number of phenolic OH excluding ortho intramolecular Hbond substituents is 1. The van der Waals surface area contributed by atoms with Crippen molar-refractivity contribution in [1.29, 1.82) is 0 Å². The Morgan fingerprint density at radius 3 is 2.71 bits per heavy atom. The fourth-order valence-electron chi connectivity index (χ4n) is 4.34. The van der Waals surface area contributed by atoms with Gasteiger partial charge >= 0.3 is 6.16 Å². The maximum Gasteiger partial charge on any atom is 0.512 e. The Labute approximate surface area is 201 Å². The van der Waals surface area contributed by atoms with Gasteiger partial charge in [0.1, 0.15) is 28.1 Å². The molecular weight excluding hydrogens is 470 g/mol. The third kappa shape index (κ3) is 3.42. The molecule has 6 aromatic rings. The Morgan fingerprint density at radius 2 is 1.91 bits per heavy atom. The Bertz CT molecular complexity index is 1750. The Hall–Kier alpha value is -4.57. The number of fused-ring (bicyclic) bond motifs is 4. The quantitative estimate of drug-likeness (QED) is 0.289. The van der Waals surface area contributed by atoms with Crippen molar-refractivity contribution in [3.05, 3.63) is 66.2 Å². The predicted molar refractivity (Wildman–Crippen MR) is 131 cm³/mol. The zero-order valence-electron chi connectivity index (χ0n) is 18.3. The smallest absolute Gasteiger partial charge is 0.507 e. The molecule has 3 heterocycles. The van der Waals surface area contributed by atoms with Gasteiger partial charge in [-0.25, -0.2) is 4.79 Å². The Balaban J connectivity index is 1.66. The lowest BCUT2D eigenvalue weighted by Crippen LogP contribution is -2.10. The molecule has 0 saturated heterocycles. The lowest BCUT2D eigenvalue weighted by atomic mass is 10.1. The number of rotatable bonds is 5. The van der Waals surface area contributed by atoms with Gasteiger partial charge in [-0.05, 0) is 42.0 Å². The van der Waals surface area contributed by atoms with Crippen LogP contribution in [0.2, 0.25) is 0 Å². The molecule has 3 aromatic heterocycles. The largest absolute Gasteiger partial charge is 0.512 e. The lowest BCUT2D eigenvalue weighted by Gasteiger charge is -2.12. The van der Waals surface area contributed by atoms with E-state index >= 15 is 0 Å². The van der Waals surface area contributed by atoms with E-state index in [4.69, 9.17) is 13.9 Å². The van der Waals surface area contributed by atoms with Gasteiger partial charge in [-0.3, -0.25) is 0 Å². The van der Waals surface area contributed by atoms with Gasteiger partial charge in [0.25, 0.3) is 0 Å². The van der Waals surface area contributed by atoms with Crippen molar-refractivity contribution < 1.29 is 28.9 Å². The molecule has 0 aliphatic carbocycles. The van der Waals surface area contributed by atoms with Gasteiger partial charge in [0.2, 0.25) is 5.88 Å². The maximum atomic E-state index is 11.8. The van der Waals surface area contributed by atoms with Gasteiger partial charge in [0.05, 0.1) is 36.5 Å². The van der Waals surface area contributed by atoms with E-state index in [0.717, 1.165) is 33.7 Å². The average Bonchev–Trinajstić information content (AvgIpc) is 3.53. The van der Waals surface area contributed by atoms with Crippen LogP contribution < -0.4 is 9.47 Å². The summed E-state index contributed by atoms with van der Waals surface area (Å²) in [5, 5.41) is 21.2. The van der Waals surface area contributed by atoms with E-state index in [1.54, 1.807) is 16.7 Å². The number of furan rings is 1. The van der Waals surface area contributed by atoms with Crippen LogP contribution in [0.3, 0.4) is 0 Å². The molecule has 0 bridgehead atoms. The molecule has 9 nitrogen and oxygen atoms in total. The van der Waals surface area contributed by atoms with Crippen LogP contribution in [0.1, 0.15) is 5.56 Å². The SMILES string of the molecule is COc1ccc(-c2c(OC(=O)O)n(Cc3ccc4nsnc4c3)c3c2oc2ccccc23)c(O)c1. The molecular formula is C25H17N3O6S. The van der Waals surface area contributed by atoms with E-state index < -0.39 is 6.16 Å². The van der Waals surface area contributed by atoms with E-state index in [1.807, 2.05) is 42.5 Å². The van der Waals surface area contributed by atoms with Crippen LogP contribution >= 0.6 is 11.7 Å². The second-order valence-electron chi connectivity index (χ2n) is 7.88. The fraction of sp³-hybridized carbons (Fsp3) is 0.0800. The van der Waals surface area contributed by atoms with Crippen LogP contribution in [0.5, 0.6) is 17.4 Å². The molecule has 0 spiro atoms. The molecule has 0 radical (unpaired) electrons. The first-order valence-corrected chi connectivity index (χ1v) is 11.3. The number of hydrogen-bond acceptors (Lipinski definition) is 8. The minimum absolute atomic E-state index is 0.0361. The molecule has 0 amide bonds. The van der Waals surface area contributed by atoms with E-state index in [-0.39, 0.29) is 18.2 Å². The van der Waals surface area contributed by atoms with Gasteiger partial charge in [-0.1, -0.05) is 18.2 Å². The molecule has 3 aromatic carbocycles. The monoisotopic (exact) mass is 487 g/mol. The van der Waals surface area contributed by atoms with Crippen LogP contribution in [0.4, 0.5) is 4.79 Å². The predicted octanol–water partition coefficient (Wildman–Crippen LogP) is 5.88. The molecule has 0 aliphatic heterocycles. The van der Waals surface area contributed by atoms with Gasteiger partial charge < -0.3 is 28.7 Å². The van der Waals surface area contributed by atoms with Gasteiger partial charge in [-0.2, -0.15) is 8.75 Å². The number of methoxy groups -OCH3 is 1. The highest BCUT2D eigenvalue weighted by Gasteiger charge is 2.29. The summed E-state index contributed by atoms with van der Waals surface area (Å²) in [7, 11) is 1.50. The molecule has 0 aliphatic rings. The topological polar surface area (TPSA) is 120 Å². The summed E-state index contributed by atoms with van der Waals surface area (Å²) in [5.41, 5.74) is 4.77. The summed E-state index contributed by atoms with van der Waals surface area (Å²) in [5.74, 6) is 0.389. The van der Waals surface area contributed by atoms with Crippen molar-refractivity contribution in [2.75, 3.05) is 7.11 Å². The number of nitrogens with zero attached hydrogens (tertiary/aromatic N) is 3. The summed E-state index contributed by atoms with van der Waals surface area (Å²) in [4.78, 5) is 11.8. The molecule has 0 unspecified atom stereocenters. The number of aromatic hydroxyl groups is 1. The molecule has 6 rings (SSSR count). The summed E-state index contributed by atoms with van der Waals surface area (Å²) in [6.45, 7) is 0.271. The Morgan fingerprint density at radius 1 is 1.09 bits per heavy atom. The number of hydrogen-bond donors (Lipinski definition) is 2. The van der Waals surface area contributed by atoms with Crippen molar-refractivity contribution in [1.82, 2.24) is 13.3 Å². The molecule has 0 fully saturated rings. The van der Waals surface area contributed by atoms with Crippen LogP contribution in [-0.4, -0.2) is 36.8 Å². The van der Waals surface area contributed by atoms with Crippen molar-refractivity contribution in [2.45, 2.75) is 6.54 Å². The second-order valence-corrected chi connectivity index (χ2v) is 8.41. The first-order valence-electron chi connectivity index (χ1n) is 10.6. The lowest BCUT2D eigenvalue weighted by molar-refractivity contribution is 0.141.